The minimum absolute atomic E-state index is 0.0634. The fourth-order valence-electron chi connectivity index (χ4n) is 3.51. The molecule has 13 nitrogen and oxygen atoms in total. The minimum Gasteiger partial charge on any atom is -0.493 e. The summed E-state index contributed by atoms with van der Waals surface area (Å²) in [6.07, 6.45) is 1.43. The average molecular weight is 629 g/mol. The highest BCUT2D eigenvalue weighted by Gasteiger charge is 2.36. The molecule has 0 unspecified atom stereocenters. The van der Waals surface area contributed by atoms with Crippen LogP contribution in [0.15, 0.2) is 70.0 Å². The number of hydrogen-bond acceptors (Lipinski definition) is 10. The Kier molecular flexibility index (Phi) is 8.45. The van der Waals surface area contributed by atoms with Gasteiger partial charge in [0.1, 0.15) is 6.54 Å². The van der Waals surface area contributed by atoms with E-state index in [-0.39, 0.29) is 22.2 Å². The quantitative estimate of drug-likeness (QED) is 0.175. The molecule has 1 N–H and O–H groups in total. The lowest BCUT2D eigenvalue weighted by Crippen LogP contribution is -2.36. The van der Waals surface area contributed by atoms with Crippen molar-refractivity contribution in [2.45, 2.75) is 0 Å². The van der Waals surface area contributed by atoms with Gasteiger partial charge in [-0.1, -0.05) is 18.2 Å². The predicted octanol–water partition coefficient (Wildman–Crippen LogP) is 5.74. The van der Waals surface area contributed by atoms with Crippen molar-refractivity contribution in [3.05, 3.63) is 95.8 Å². The number of hydrogen-bond donors (Lipinski definition) is 1. The number of non-ortho nitro benzene ring substituents is 1. The number of ether oxygens (including phenoxy) is 2. The third-order valence-electron chi connectivity index (χ3n) is 5.38. The van der Waals surface area contributed by atoms with Gasteiger partial charge < -0.3 is 14.8 Å². The number of para-hydroxylation sites is 1. The van der Waals surface area contributed by atoms with Gasteiger partial charge in [0.2, 0.25) is 11.7 Å². The van der Waals surface area contributed by atoms with Gasteiger partial charge in [-0.2, -0.15) is 0 Å². The van der Waals surface area contributed by atoms with Gasteiger partial charge in [-0.25, -0.2) is 0 Å². The monoisotopic (exact) mass is 628 g/mol. The molecule has 15 heteroatoms. The average Bonchev–Trinajstić information content (AvgIpc) is 3.17. The van der Waals surface area contributed by atoms with Crippen LogP contribution >= 0.6 is 27.7 Å². The van der Waals surface area contributed by atoms with Crippen molar-refractivity contribution in [3.63, 3.8) is 0 Å². The molecule has 0 atom stereocenters. The van der Waals surface area contributed by atoms with Crippen molar-refractivity contribution in [2.75, 3.05) is 19.0 Å². The van der Waals surface area contributed by atoms with Gasteiger partial charge in [0.25, 0.3) is 16.8 Å². The molecule has 0 aliphatic carbocycles. The normalized spacial score (nSPS) is 13.8. The van der Waals surface area contributed by atoms with E-state index in [4.69, 9.17) is 9.47 Å². The molecule has 40 heavy (non-hydrogen) atoms. The highest BCUT2D eigenvalue weighted by atomic mass is 79.9. The summed E-state index contributed by atoms with van der Waals surface area (Å²) in [7, 11) is 1.33. The molecule has 1 aliphatic heterocycles. The summed E-state index contributed by atoms with van der Waals surface area (Å²) in [4.78, 5) is 59.5. The van der Waals surface area contributed by atoms with E-state index in [1.807, 2.05) is 0 Å². The van der Waals surface area contributed by atoms with Gasteiger partial charge in [-0.15, -0.1) is 0 Å². The zero-order valence-corrected chi connectivity index (χ0v) is 22.8. The molecular formula is C25H17BrN4O9S. The standard InChI is InChI=1S/C25H17BrN4O9S/c1-38-21-10-14(6-8-20(21)39-19-9-7-15(29(34)35)12-18(19)30(36)37)11-22-24(32)28(25(33)40-22)13-23(31)27-17-5-3-2-4-16(17)26/h2-12H,13H2,1H3,(H,27,31)/b22-11+. The number of nitrogens with zero attached hydrogens (tertiary/aromatic N) is 3. The Morgan fingerprint density at radius 2 is 1.75 bits per heavy atom. The first-order valence-corrected chi connectivity index (χ1v) is 12.8. The number of carbonyl (C=O) groups excluding carboxylic acids is 3. The van der Waals surface area contributed by atoms with Crippen LogP contribution in [0.2, 0.25) is 0 Å². The number of methoxy groups -OCH3 is 1. The number of imide groups is 1. The van der Waals surface area contributed by atoms with Crippen molar-refractivity contribution in [2.24, 2.45) is 0 Å². The van der Waals surface area contributed by atoms with Crippen molar-refractivity contribution in [3.8, 4) is 17.2 Å². The predicted molar refractivity (Wildman–Crippen MR) is 148 cm³/mol. The van der Waals surface area contributed by atoms with Crippen LogP contribution in [0.25, 0.3) is 6.08 Å². The molecule has 1 heterocycles. The maximum atomic E-state index is 12.9. The highest BCUT2D eigenvalue weighted by Crippen LogP contribution is 2.39. The summed E-state index contributed by atoms with van der Waals surface area (Å²) in [5.74, 6) is -1.26. The van der Waals surface area contributed by atoms with E-state index in [0.29, 0.717) is 27.5 Å². The van der Waals surface area contributed by atoms with Gasteiger partial charge in [0.15, 0.2) is 11.5 Å². The summed E-state index contributed by atoms with van der Waals surface area (Å²) in [6.45, 7) is -0.479. The zero-order valence-electron chi connectivity index (χ0n) is 20.4. The number of amides is 3. The van der Waals surface area contributed by atoms with Crippen molar-refractivity contribution < 1.29 is 33.7 Å². The van der Waals surface area contributed by atoms with Crippen molar-refractivity contribution >= 4 is 67.9 Å². The maximum Gasteiger partial charge on any atom is 0.318 e. The first-order valence-electron chi connectivity index (χ1n) is 11.2. The van der Waals surface area contributed by atoms with Gasteiger partial charge in [0, 0.05) is 10.5 Å². The van der Waals surface area contributed by atoms with E-state index in [1.54, 1.807) is 24.3 Å². The Labute approximate surface area is 238 Å². The van der Waals surface area contributed by atoms with E-state index >= 15 is 0 Å². The number of carbonyl (C=O) groups is 3. The summed E-state index contributed by atoms with van der Waals surface area (Å²) in [5, 5.41) is 24.4. The van der Waals surface area contributed by atoms with Gasteiger partial charge in [-0.3, -0.25) is 39.5 Å². The lowest BCUT2D eigenvalue weighted by molar-refractivity contribution is -0.394. The Morgan fingerprint density at radius 3 is 2.42 bits per heavy atom. The number of anilines is 1. The van der Waals surface area contributed by atoms with E-state index in [0.717, 1.165) is 23.1 Å². The van der Waals surface area contributed by atoms with Crippen molar-refractivity contribution in [1.82, 2.24) is 4.90 Å². The topological polar surface area (TPSA) is 171 Å². The zero-order chi connectivity index (χ0) is 29.0. The van der Waals surface area contributed by atoms with Crippen LogP contribution in [-0.4, -0.2) is 45.5 Å². The second-order valence-corrected chi connectivity index (χ2v) is 9.82. The van der Waals surface area contributed by atoms with Crippen LogP contribution in [0.4, 0.5) is 21.9 Å². The smallest absolute Gasteiger partial charge is 0.318 e. The molecule has 204 valence electrons. The molecule has 1 fully saturated rings. The van der Waals surface area contributed by atoms with Crippen LogP contribution < -0.4 is 14.8 Å². The SMILES string of the molecule is COc1cc(/C=C2/SC(=O)N(CC(=O)Nc3ccccc3Br)C2=O)ccc1Oc1ccc([N+](=O)[O-])cc1[N+](=O)[O-]. The molecule has 0 spiro atoms. The summed E-state index contributed by atoms with van der Waals surface area (Å²) >= 11 is 3.98. The summed E-state index contributed by atoms with van der Waals surface area (Å²) in [6, 6.07) is 14.3. The van der Waals surface area contributed by atoms with Crippen LogP contribution in [0.1, 0.15) is 5.56 Å². The Hall–Kier alpha value is -4.76. The molecule has 1 aliphatic rings. The van der Waals surface area contributed by atoms with E-state index < -0.39 is 44.8 Å². The molecule has 4 rings (SSSR count). The second-order valence-electron chi connectivity index (χ2n) is 7.97. The summed E-state index contributed by atoms with van der Waals surface area (Å²) in [5.41, 5.74) is -0.160. The number of nitro groups is 2. The van der Waals surface area contributed by atoms with E-state index in [2.05, 4.69) is 21.2 Å². The first kappa shape index (κ1) is 28.3. The molecule has 0 saturated carbocycles. The van der Waals surface area contributed by atoms with Crippen LogP contribution in [0.3, 0.4) is 0 Å². The van der Waals surface area contributed by atoms with Gasteiger partial charge >= 0.3 is 5.69 Å². The van der Waals surface area contributed by atoms with Gasteiger partial charge in [-0.05, 0) is 69.7 Å². The number of thioether (sulfide) groups is 1. The van der Waals surface area contributed by atoms with Crippen LogP contribution in [0, 0.1) is 20.2 Å². The van der Waals surface area contributed by atoms with E-state index in [1.165, 1.54) is 31.4 Å². The van der Waals surface area contributed by atoms with E-state index in [9.17, 15) is 34.6 Å². The fourth-order valence-corrected chi connectivity index (χ4v) is 4.73. The third-order valence-corrected chi connectivity index (χ3v) is 6.98. The number of nitro benzene ring substituents is 2. The van der Waals surface area contributed by atoms with Crippen LogP contribution in [-0.2, 0) is 9.59 Å². The largest absolute Gasteiger partial charge is 0.493 e. The lowest BCUT2D eigenvalue weighted by Gasteiger charge is -2.13. The Morgan fingerprint density at radius 1 is 1.02 bits per heavy atom. The molecule has 3 amide bonds. The molecule has 0 radical (unpaired) electrons. The Balaban J connectivity index is 1.51. The Bertz CT molecular complexity index is 1590. The maximum absolute atomic E-state index is 12.9. The third kappa shape index (κ3) is 6.27. The number of nitrogens with one attached hydrogen (secondary N) is 1. The molecular weight excluding hydrogens is 612 g/mol. The molecule has 3 aromatic rings. The second kappa shape index (κ2) is 12.0. The molecule has 1 saturated heterocycles. The molecule has 0 bridgehead atoms. The summed E-state index contributed by atoms with van der Waals surface area (Å²) < 4.78 is 11.6. The highest BCUT2D eigenvalue weighted by molar-refractivity contribution is 9.10. The minimum atomic E-state index is -0.807. The van der Waals surface area contributed by atoms with Gasteiger partial charge in [0.05, 0.1) is 33.6 Å². The first-order chi connectivity index (χ1) is 19.1. The molecule has 0 aromatic heterocycles. The fraction of sp³-hybridized carbons (Fsp3) is 0.0800. The lowest BCUT2D eigenvalue weighted by atomic mass is 10.1. The number of benzene rings is 3. The number of rotatable bonds is 9. The van der Waals surface area contributed by atoms with Crippen LogP contribution in [0.5, 0.6) is 17.2 Å². The van der Waals surface area contributed by atoms with Crippen molar-refractivity contribution in [1.29, 1.82) is 0 Å². The molecule has 3 aromatic carbocycles. The number of halogens is 1.